The first kappa shape index (κ1) is 15.6. The van der Waals surface area contributed by atoms with Gasteiger partial charge in [-0.2, -0.15) is 0 Å². The molecule has 0 fully saturated rings. The number of thioether (sulfide) groups is 1. The van der Waals surface area contributed by atoms with Crippen LogP contribution in [0.1, 0.15) is 29.7 Å². The predicted molar refractivity (Wildman–Crippen MR) is 86.4 cm³/mol. The van der Waals surface area contributed by atoms with Crippen molar-refractivity contribution < 1.29 is 9.90 Å². The van der Waals surface area contributed by atoms with Gasteiger partial charge >= 0.3 is 5.97 Å². The van der Waals surface area contributed by atoms with Gasteiger partial charge in [-0.1, -0.05) is 36.4 Å². The number of nitrogens with two attached hydrogens (primary N) is 1. The fourth-order valence-electron chi connectivity index (χ4n) is 2.06. The molecule has 21 heavy (non-hydrogen) atoms. The molecule has 0 saturated heterocycles. The van der Waals surface area contributed by atoms with E-state index in [1.807, 2.05) is 43.3 Å². The van der Waals surface area contributed by atoms with Crippen LogP contribution in [0.25, 0.3) is 0 Å². The topological polar surface area (TPSA) is 63.3 Å². The lowest BCUT2D eigenvalue weighted by Gasteiger charge is -2.09. The Bertz CT molecular complexity index is 608. The highest BCUT2D eigenvalue weighted by Gasteiger charge is 2.07. The molecule has 0 heterocycles. The minimum absolute atomic E-state index is 0.0420. The third kappa shape index (κ3) is 4.62. The van der Waals surface area contributed by atoms with E-state index in [1.54, 1.807) is 11.8 Å². The van der Waals surface area contributed by atoms with Gasteiger partial charge in [0.1, 0.15) is 0 Å². The van der Waals surface area contributed by atoms with Crippen molar-refractivity contribution in [2.45, 2.75) is 30.0 Å². The number of carbonyl (C=O) groups is 1. The van der Waals surface area contributed by atoms with Crippen LogP contribution >= 0.6 is 11.8 Å². The van der Waals surface area contributed by atoms with Crippen molar-refractivity contribution in [3.8, 4) is 0 Å². The summed E-state index contributed by atoms with van der Waals surface area (Å²) < 4.78 is 0. The Hall–Kier alpha value is -1.78. The summed E-state index contributed by atoms with van der Waals surface area (Å²) in [6, 6.07) is 15.9. The van der Waals surface area contributed by atoms with Crippen LogP contribution < -0.4 is 5.73 Å². The van der Waals surface area contributed by atoms with E-state index in [-0.39, 0.29) is 12.5 Å². The molecule has 110 valence electrons. The average molecular weight is 301 g/mol. The second kappa shape index (κ2) is 7.29. The molecule has 0 aromatic heterocycles. The fourth-order valence-corrected chi connectivity index (χ4v) is 2.99. The third-order valence-corrected chi connectivity index (χ3v) is 4.32. The standard InChI is InChI=1S/C17H19NO2S/c1-12(18)13-6-8-16(9-7-13)21-11-15-5-3-2-4-14(15)10-17(19)20/h2-9,12H,10-11,18H2,1H3,(H,19,20). The normalized spacial score (nSPS) is 12.1. The van der Waals surface area contributed by atoms with Gasteiger partial charge in [-0.15, -0.1) is 11.8 Å². The van der Waals surface area contributed by atoms with E-state index < -0.39 is 5.97 Å². The van der Waals surface area contributed by atoms with Crippen molar-refractivity contribution in [2.75, 3.05) is 0 Å². The number of hydrogen-bond donors (Lipinski definition) is 2. The molecule has 0 aliphatic heterocycles. The quantitative estimate of drug-likeness (QED) is 0.800. The van der Waals surface area contributed by atoms with Gasteiger partial charge in [-0.05, 0) is 35.7 Å². The molecule has 0 spiro atoms. The molecule has 3 nitrogen and oxygen atoms in total. The molecule has 2 rings (SSSR count). The first-order valence-electron chi connectivity index (χ1n) is 6.83. The second-order valence-corrected chi connectivity index (χ2v) is 6.03. The Labute approximate surface area is 129 Å². The molecule has 4 heteroatoms. The summed E-state index contributed by atoms with van der Waals surface area (Å²) in [6.07, 6.45) is 0.0698. The van der Waals surface area contributed by atoms with Crippen molar-refractivity contribution >= 4 is 17.7 Å². The van der Waals surface area contributed by atoms with E-state index >= 15 is 0 Å². The lowest BCUT2D eigenvalue weighted by atomic mass is 10.1. The summed E-state index contributed by atoms with van der Waals surface area (Å²) in [6.45, 7) is 1.96. The van der Waals surface area contributed by atoms with Gasteiger partial charge < -0.3 is 10.8 Å². The van der Waals surface area contributed by atoms with Gasteiger partial charge in [0.25, 0.3) is 0 Å². The number of carboxylic acids is 1. The third-order valence-electron chi connectivity index (χ3n) is 3.26. The Balaban J connectivity index is 2.04. The minimum atomic E-state index is -0.797. The smallest absolute Gasteiger partial charge is 0.307 e. The number of benzene rings is 2. The molecule has 0 bridgehead atoms. The molecule has 0 amide bonds. The van der Waals surface area contributed by atoms with Crippen molar-refractivity contribution in [3.63, 3.8) is 0 Å². The molecular weight excluding hydrogens is 282 g/mol. The number of carboxylic acid groups (broad SMARTS) is 1. The van der Waals surface area contributed by atoms with E-state index in [4.69, 9.17) is 10.8 Å². The number of hydrogen-bond acceptors (Lipinski definition) is 3. The maximum absolute atomic E-state index is 10.9. The zero-order valence-electron chi connectivity index (χ0n) is 12.0. The van der Waals surface area contributed by atoms with Crippen LogP contribution in [0, 0.1) is 0 Å². The summed E-state index contributed by atoms with van der Waals surface area (Å²) >= 11 is 1.70. The largest absolute Gasteiger partial charge is 0.481 e. The summed E-state index contributed by atoms with van der Waals surface area (Å²) in [5.41, 5.74) is 8.90. The van der Waals surface area contributed by atoms with Crippen molar-refractivity contribution in [1.82, 2.24) is 0 Å². The first-order chi connectivity index (χ1) is 10.1. The average Bonchev–Trinajstić information content (AvgIpc) is 2.46. The number of rotatable bonds is 6. The van der Waals surface area contributed by atoms with Crippen molar-refractivity contribution in [3.05, 3.63) is 65.2 Å². The van der Waals surface area contributed by atoms with Crippen LogP contribution in [0.2, 0.25) is 0 Å². The highest BCUT2D eigenvalue weighted by molar-refractivity contribution is 7.98. The van der Waals surface area contributed by atoms with Gasteiger partial charge in [-0.3, -0.25) is 4.79 Å². The Morgan fingerprint density at radius 2 is 1.76 bits per heavy atom. The second-order valence-electron chi connectivity index (χ2n) is 4.99. The summed E-state index contributed by atoms with van der Waals surface area (Å²) in [7, 11) is 0. The molecule has 0 saturated carbocycles. The molecule has 3 N–H and O–H groups in total. The molecule has 0 aliphatic rings. The van der Waals surface area contributed by atoms with Gasteiger partial charge in [0, 0.05) is 16.7 Å². The minimum Gasteiger partial charge on any atom is -0.481 e. The maximum atomic E-state index is 10.9. The number of aliphatic carboxylic acids is 1. The highest BCUT2D eigenvalue weighted by Crippen LogP contribution is 2.25. The van der Waals surface area contributed by atoms with E-state index in [0.717, 1.165) is 27.3 Å². The summed E-state index contributed by atoms with van der Waals surface area (Å²) in [5, 5.41) is 8.94. The molecule has 1 atom stereocenters. The zero-order chi connectivity index (χ0) is 15.2. The van der Waals surface area contributed by atoms with E-state index in [1.165, 1.54) is 0 Å². The van der Waals surface area contributed by atoms with Crippen LogP contribution in [-0.2, 0) is 17.0 Å². The summed E-state index contributed by atoms with van der Waals surface area (Å²) in [4.78, 5) is 12.0. The van der Waals surface area contributed by atoms with Crippen molar-refractivity contribution in [1.29, 1.82) is 0 Å². The van der Waals surface area contributed by atoms with Gasteiger partial charge in [0.15, 0.2) is 0 Å². The van der Waals surface area contributed by atoms with Gasteiger partial charge in [0.05, 0.1) is 6.42 Å². The Kier molecular flexibility index (Phi) is 5.42. The van der Waals surface area contributed by atoms with E-state index in [9.17, 15) is 4.79 Å². The van der Waals surface area contributed by atoms with Gasteiger partial charge in [0.2, 0.25) is 0 Å². The molecule has 1 unspecified atom stereocenters. The fraction of sp³-hybridized carbons (Fsp3) is 0.235. The summed E-state index contributed by atoms with van der Waals surface area (Å²) in [5.74, 6) is -0.0326. The van der Waals surface area contributed by atoms with Gasteiger partial charge in [-0.25, -0.2) is 0 Å². The maximum Gasteiger partial charge on any atom is 0.307 e. The van der Waals surface area contributed by atoms with E-state index in [2.05, 4.69) is 12.1 Å². The first-order valence-corrected chi connectivity index (χ1v) is 7.81. The molecular formula is C17H19NO2S. The van der Waals surface area contributed by atoms with E-state index in [0.29, 0.717) is 0 Å². The lowest BCUT2D eigenvalue weighted by Crippen LogP contribution is -2.04. The molecule has 2 aromatic rings. The highest BCUT2D eigenvalue weighted by atomic mass is 32.2. The van der Waals surface area contributed by atoms with Crippen LogP contribution in [0.4, 0.5) is 0 Å². The molecule has 2 aromatic carbocycles. The predicted octanol–water partition coefficient (Wildman–Crippen LogP) is 3.63. The molecule has 0 radical (unpaired) electrons. The zero-order valence-corrected chi connectivity index (χ0v) is 12.8. The Morgan fingerprint density at radius 3 is 2.33 bits per heavy atom. The Morgan fingerprint density at radius 1 is 1.14 bits per heavy atom. The SMILES string of the molecule is CC(N)c1ccc(SCc2ccccc2CC(=O)O)cc1. The monoisotopic (exact) mass is 301 g/mol. The van der Waals surface area contributed by atoms with Crippen LogP contribution in [0.15, 0.2) is 53.4 Å². The van der Waals surface area contributed by atoms with Crippen LogP contribution in [0.5, 0.6) is 0 Å². The van der Waals surface area contributed by atoms with Crippen molar-refractivity contribution in [2.24, 2.45) is 5.73 Å². The molecule has 0 aliphatic carbocycles. The van der Waals surface area contributed by atoms with Crippen LogP contribution in [0.3, 0.4) is 0 Å². The van der Waals surface area contributed by atoms with Crippen LogP contribution in [-0.4, -0.2) is 11.1 Å². The lowest BCUT2D eigenvalue weighted by molar-refractivity contribution is -0.136.